The third kappa shape index (κ3) is 4.24. The summed E-state index contributed by atoms with van der Waals surface area (Å²) in [7, 11) is 0. The summed E-state index contributed by atoms with van der Waals surface area (Å²) in [5.74, 6) is -0.248. The Morgan fingerprint density at radius 1 is 1.29 bits per heavy atom. The molecule has 6 heteroatoms. The number of allylic oxidation sites excluding steroid dienone is 1. The van der Waals surface area contributed by atoms with Crippen LogP contribution in [0.3, 0.4) is 0 Å². The van der Waals surface area contributed by atoms with E-state index in [0.29, 0.717) is 5.76 Å². The molecule has 0 spiro atoms. The second-order valence-electron chi connectivity index (χ2n) is 4.34. The molecule has 108 valence electrons. The molecule has 0 aliphatic heterocycles. The van der Waals surface area contributed by atoms with Gasteiger partial charge in [0.15, 0.2) is 0 Å². The first-order valence-electron chi connectivity index (χ1n) is 6.13. The van der Waals surface area contributed by atoms with Gasteiger partial charge in [-0.25, -0.2) is 5.43 Å². The molecule has 0 atom stereocenters. The third-order valence-electron chi connectivity index (χ3n) is 2.51. The molecular weight excluding hydrogens is 272 g/mol. The van der Waals surface area contributed by atoms with Crippen molar-refractivity contribution in [1.82, 2.24) is 5.43 Å². The van der Waals surface area contributed by atoms with Gasteiger partial charge in [-0.15, -0.1) is 0 Å². The number of benzene rings is 1. The summed E-state index contributed by atoms with van der Waals surface area (Å²) in [6, 6.07) is 7.17. The van der Waals surface area contributed by atoms with Crippen molar-refractivity contribution in [1.29, 1.82) is 0 Å². The molecule has 0 saturated heterocycles. The van der Waals surface area contributed by atoms with Crippen molar-refractivity contribution in [3.05, 3.63) is 53.5 Å². The van der Waals surface area contributed by atoms with Crippen molar-refractivity contribution in [2.45, 2.75) is 6.92 Å². The lowest BCUT2D eigenvalue weighted by Gasteiger charge is -2.01. The van der Waals surface area contributed by atoms with Crippen LogP contribution in [0.2, 0.25) is 0 Å². The number of hydrogen-bond donors (Lipinski definition) is 3. The van der Waals surface area contributed by atoms with Gasteiger partial charge in [0.2, 0.25) is 0 Å². The van der Waals surface area contributed by atoms with Crippen molar-refractivity contribution in [2.24, 2.45) is 5.10 Å². The third-order valence-corrected chi connectivity index (χ3v) is 2.51. The lowest BCUT2D eigenvalue weighted by molar-refractivity contribution is 0.0954. The number of phenols is 2. The largest absolute Gasteiger partial charge is 0.508 e. The molecule has 3 N–H and O–H groups in total. The summed E-state index contributed by atoms with van der Waals surface area (Å²) in [5, 5.41) is 22.4. The zero-order valence-electron chi connectivity index (χ0n) is 11.3. The minimum atomic E-state index is -0.539. The Bertz CT molecular complexity index is 667. The standard InChI is InChI=1S/C15H14N2O4/c1-10(5-14-3-2-4-21-14)9-16-17-15(20)11-6-12(18)8-13(19)7-11/h2-9,18-19H,1H3,(H,17,20). The lowest BCUT2D eigenvalue weighted by atomic mass is 10.2. The maximum atomic E-state index is 11.8. The van der Waals surface area contributed by atoms with Gasteiger partial charge < -0.3 is 14.6 Å². The Morgan fingerprint density at radius 2 is 2.00 bits per heavy atom. The smallest absolute Gasteiger partial charge is 0.271 e. The first-order valence-corrected chi connectivity index (χ1v) is 6.13. The second kappa shape index (κ2) is 6.42. The second-order valence-corrected chi connectivity index (χ2v) is 4.34. The number of nitrogens with zero attached hydrogens (tertiary/aromatic N) is 1. The number of phenolic OH excluding ortho intramolecular Hbond substituents is 2. The highest BCUT2D eigenvalue weighted by Crippen LogP contribution is 2.20. The van der Waals surface area contributed by atoms with E-state index in [9.17, 15) is 15.0 Å². The molecule has 0 unspecified atom stereocenters. The first-order chi connectivity index (χ1) is 10.0. The molecule has 6 nitrogen and oxygen atoms in total. The predicted octanol–water partition coefficient (Wildman–Crippen LogP) is 2.51. The average molecular weight is 286 g/mol. The van der Waals surface area contributed by atoms with E-state index in [1.807, 2.05) is 0 Å². The zero-order valence-corrected chi connectivity index (χ0v) is 11.3. The summed E-state index contributed by atoms with van der Waals surface area (Å²) in [4.78, 5) is 11.8. The number of carbonyl (C=O) groups is 1. The summed E-state index contributed by atoms with van der Waals surface area (Å²) < 4.78 is 5.15. The van der Waals surface area contributed by atoms with E-state index in [1.165, 1.54) is 18.3 Å². The van der Waals surface area contributed by atoms with Crippen LogP contribution in [0, 0.1) is 0 Å². The van der Waals surface area contributed by atoms with E-state index in [1.54, 1.807) is 31.4 Å². The molecule has 0 aliphatic carbocycles. The Balaban J connectivity index is 1.99. The van der Waals surface area contributed by atoms with E-state index in [4.69, 9.17) is 4.42 Å². The predicted molar refractivity (Wildman–Crippen MR) is 78.1 cm³/mol. The van der Waals surface area contributed by atoms with Crippen LogP contribution in [-0.2, 0) is 0 Å². The number of hydrazone groups is 1. The first kappa shape index (κ1) is 14.4. The zero-order chi connectivity index (χ0) is 15.2. The Morgan fingerprint density at radius 3 is 2.62 bits per heavy atom. The highest BCUT2D eigenvalue weighted by Gasteiger charge is 2.07. The number of rotatable bonds is 4. The van der Waals surface area contributed by atoms with E-state index in [-0.39, 0.29) is 17.1 Å². The van der Waals surface area contributed by atoms with Gasteiger partial charge in [-0.05, 0) is 42.8 Å². The number of amides is 1. The highest BCUT2D eigenvalue weighted by molar-refractivity contribution is 5.95. The minimum Gasteiger partial charge on any atom is -0.508 e. The van der Waals surface area contributed by atoms with Crippen molar-refractivity contribution < 1.29 is 19.4 Å². The van der Waals surface area contributed by atoms with Crippen LogP contribution in [0.25, 0.3) is 6.08 Å². The summed E-state index contributed by atoms with van der Waals surface area (Å²) in [6.45, 7) is 1.80. The maximum Gasteiger partial charge on any atom is 0.271 e. The molecule has 0 bridgehead atoms. The van der Waals surface area contributed by atoms with Crippen molar-refractivity contribution in [3.8, 4) is 11.5 Å². The van der Waals surface area contributed by atoms with Gasteiger partial charge in [-0.2, -0.15) is 5.10 Å². The summed E-state index contributed by atoms with van der Waals surface area (Å²) in [5.41, 5.74) is 3.19. The minimum absolute atomic E-state index is 0.109. The lowest BCUT2D eigenvalue weighted by Crippen LogP contribution is -2.17. The Hall–Kier alpha value is -3.02. The van der Waals surface area contributed by atoms with E-state index < -0.39 is 5.91 Å². The molecule has 1 heterocycles. The van der Waals surface area contributed by atoms with Crippen molar-refractivity contribution >= 4 is 18.2 Å². The van der Waals surface area contributed by atoms with Crippen LogP contribution in [0.1, 0.15) is 23.0 Å². The number of nitrogens with one attached hydrogen (secondary N) is 1. The molecule has 0 saturated carbocycles. The fourth-order valence-electron chi connectivity index (χ4n) is 1.62. The van der Waals surface area contributed by atoms with Gasteiger partial charge >= 0.3 is 0 Å². The van der Waals surface area contributed by atoms with Crippen LogP contribution in [0.4, 0.5) is 0 Å². The maximum absolute atomic E-state index is 11.8. The van der Waals surface area contributed by atoms with E-state index >= 15 is 0 Å². The molecule has 21 heavy (non-hydrogen) atoms. The fraction of sp³-hybridized carbons (Fsp3) is 0.0667. The van der Waals surface area contributed by atoms with Crippen LogP contribution in [-0.4, -0.2) is 22.3 Å². The normalized spacial score (nSPS) is 11.8. The van der Waals surface area contributed by atoms with E-state index in [2.05, 4.69) is 10.5 Å². The molecule has 1 aromatic carbocycles. The Kier molecular flexibility index (Phi) is 4.40. The topological polar surface area (TPSA) is 95.1 Å². The highest BCUT2D eigenvalue weighted by atomic mass is 16.3. The number of hydrogen-bond acceptors (Lipinski definition) is 5. The number of furan rings is 1. The molecule has 0 fully saturated rings. The molecule has 0 radical (unpaired) electrons. The summed E-state index contributed by atoms with van der Waals surface area (Å²) in [6.07, 6.45) is 4.78. The molecule has 2 aromatic rings. The van der Waals surface area contributed by atoms with Gasteiger partial charge in [0.05, 0.1) is 12.5 Å². The van der Waals surface area contributed by atoms with Crippen LogP contribution < -0.4 is 5.43 Å². The average Bonchev–Trinajstić information content (AvgIpc) is 2.90. The van der Waals surface area contributed by atoms with Gasteiger partial charge in [0, 0.05) is 11.6 Å². The molecule has 2 rings (SSSR count). The van der Waals surface area contributed by atoms with E-state index in [0.717, 1.165) is 11.6 Å². The molecule has 0 aliphatic rings. The van der Waals surface area contributed by atoms with Gasteiger partial charge in [-0.3, -0.25) is 4.79 Å². The van der Waals surface area contributed by atoms with Crippen LogP contribution in [0.15, 0.2) is 51.7 Å². The Labute approximate surface area is 121 Å². The van der Waals surface area contributed by atoms with Crippen LogP contribution in [0.5, 0.6) is 11.5 Å². The monoisotopic (exact) mass is 286 g/mol. The fourth-order valence-corrected chi connectivity index (χ4v) is 1.62. The van der Waals surface area contributed by atoms with Gasteiger partial charge in [-0.1, -0.05) is 0 Å². The van der Waals surface area contributed by atoms with Gasteiger partial charge in [0.1, 0.15) is 17.3 Å². The van der Waals surface area contributed by atoms with Crippen molar-refractivity contribution in [3.63, 3.8) is 0 Å². The van der Waals surface area contributed by atoms with Crippen LogP contribution >= 0.6 is 0 Å². The quantitative estimate of drug-likeness (QED) is 0.594. The van der Waals surface area contributed by atoms with Crippen molar-refractivity contribution in [2.75, 3.05) is 0 Å². The number of aromatic hydroxyl groups is 2. The molecular formula is C15H14N2O4. The number of carbonyl (C=O) groups excluding carboxylic acids is 1. The molecule has 1 aromatic heterocycles. The van der Waals surface area contributed by atoms with Gasteiger partial charge in [0.25, 0.3) is 5.91 Å². The SMILES string of the molecule is CC(C=NNC(=O)c1cc(O)cc(O)c1)=Cc1ccco1. The summed E-state index contributed by atoms with van der Waals surface area (Å²) >= 11 is 0. The molecule has 1 amide bonds.